The van der Waals surface area contributed by atoms with Gasteiger partial charge in [0.25, 0.3) is 0 Å². The van der Waals surface area contributed by atoms with Crippen molar-refractivity contribution in [3.63, 3.8) is 0 Å². The molecule has 2 aliphatic rings. The van der Waals surface area contributed by atoms with Gasteiger partial charge < -0.3 is 19.3 Å². The molecule has 212 valence electrons. The van der Waals surface area contributed by atoms with E-state index in [2.05, 4.69) is 0 Å². The van der Waals surface area contributed by atoms with Crippen molar-refractivity contribution < 1.29 is 38.5 Å². The van der Waals surface area contributed by atoms with E-state index < -0.39 is 59.1 Å². The molecule has 0 heterocycles. The Morgan fingerprint density at radius 1 is 0.974 bits per heavy atom. The Morgan fingerprint density at radius 3 is 2.18 bits per heavy atom. The number of allylic oxidation sites excluding steroid dienone is 1. The Morgan fingerprint density at radius 2 is 1.59 bits per heavy atom. The quantitative estimate of drug-likeness (QED) is 0.335. The number of hydrogen-bond acceptors (Lipinski definition) is 8. The highest BCUT2D eigenvalue weighted by molar-refractivity contribution is 5.89. The van der Waals surface area contributed by atoms with Gasteiger partial charge in [0.15, 0.2) is 0 Å². The maximum atomic E-state index is 13.3. The van der Waals surface area contributed by atoms with Gasteiger partial charge in [0.2, 0.25) is 0 Å². The smallest absolute Gasteiger partial charge is 0.338 e. The van der Waals surface area contributed by atoms with Crippen LogP contribution in [0.15, 0.2) is 54.1 Å². The minimum Gasteiger partial charge on any atom is -0.459 e. The lowest BCUT2D eigenvalue weighted by molar-refractivity contribution is -0.173. The summed E-state index contributed by atoms with van der Waals surface area (Å²) >= 11 is 0. The molecule has 1 saturated carbocycles. The number of hydrogen-bond donors (Lipinski definition) is 1. The molecule has 0 bridgehead atoms. The minimum atomic E-state index is -1.62. The molecule has 1 aromatic carbocycles. The summed E-state index contributed by atoms with van der Waals surface area (Å²) < 4.78 is 17.3. The number of carbonyl (C=O) groups excluding carboxylic acids is 4. The zero-order chi connectivity index (χ0) is 29.1. The van der Waals surface area contributed by atoms with Crippen molar-refractivity contribution >= 4 is 23.7 Å². The van der Waals surface area contributed by atoms with Gasteiger partial charge in [-0.3, -0.25) is 14.4 Å². The zero-order valence-corrected chi connectivity index (χ0v) is 23.8. The summed E-state index contributed by atoms with van der Waals surface area (Å²) in [5.41, 5.74) is -1.61. The predicted molar refractivity (Wildman–Crippen MR) is 144 cm³/mol. The third-order valence-corrected chi connectivity index (χ3v) is 7.82. The Kier molecular flexibility index (Phi) is 9.21. The normalized spacial score (nSPS) is 33.4. The fraction of sp³-hybridized carbons (Fsp3) is 0.548. The lowest BCUT2D eigenvalue weighted by atomic mass is 9.75. The van der Waals surface area contributed by atoms with Crippen LogP contribution in [0.2, 0.25) is 0 Å². The second-order valence-corrected chi connectivity index (χ2v) is 11.5. The molecular weight excluding hydrogens is 500 g/mol. The van der Waals surface area contributed by atoms with Crippen LogP contribution in [0.5, 0.6) is 0 Å². The molecule has 0 unspecified atom stereocenters. The molecule has 39 heavy (non-hydrogen) atoms. The molecule has 0 saturated heterocycles. The first kappa shape index (κ1) is 30.3. The fourth-order valence-corrected chi connectivity index (χ4v) is 5.65. The molecule has 1 fully saturated rings. The van der Waals surface area contributed by atoms with Crippen molar-refractivity contribution in [2.75, 3.05) is 0 Å². The number of esters is 3. The molecule has 0 spiro atoms. The van der Waals surface area contributed by atoms with Gasteiger partial charge in [-0.15, -0.1) is 0 Å². The molecule has 3 rings (SSSR count). The van der Waals surface area contributed by atoms with Crippen LogP contribution < -0.4 is 0 Å². The molecule has 0 radical (unpaired) electrons. The summed E-state index contributed by atoms with van der Waals surface area (Å²) in [6, 6.07) is 8.56. The standard InChI is InChI=1S/C31H40O8/c1-18-13-14-30(6,7)26(34)16-25(37-21(4)32)19(2)15-24-27(39-29(35)23-11-9-8-10-12-23)20(3)17-31(24,36)28(18)38-22(5)33/h8-15,18,20,24-25,27-28,36H,16-17H2,1-7H3/b14-13-,19-15?/t18-,20+,24-,25-,27+,28-,31+/m0/s1. The van der Waals surface area contributed by atoms with Crippen LogP contribution in [0.4, 0.5) is 0 Å². The number of ether oxygens (including phenoxy) is 3. The molecule has 7 atom stereocenters. The van der Waals surface area contributed by atoms with Gasteiger partial charge >= 0.3 is 17.9 Å². The summed E-state index contributed by atoms with van der Waals surface area (Å²) in [5.74, 6) is -3.39. The number of Topliss-reactive ketones (excluding diaryl/α,β-unsaturated/α-hetero) is 1. The van der Waals surface area contributed by atoms with Crippen LogP contribution in [0.25, 0.3) is 0 Å². The van der Waals surface area contributed by atoms with E-state index in [-0.39, 0.29) is 24.5 Å². The van der Waals surface area contributed by atoms with E-state index in [9.17, 15) is 24.3 Å². The minimum absolute atomic E-state index is 0.0593. The maximum Gasteiger partial charge on any atom is 0.338 e. The lowest BCUT2D eigenvalue weighted by Gasteiger charge is -2.40. The molecule has 0 amide bonds. The Balaban J connectivity index is 2.17. The first-order chi connectivity index (χ1) is 18.2. The van der Waals surface area contributed by atoms with E-state index in [4.69, 9.17) is 14.2 Å². The van der Waals surface area contributed by atoms with Gasteiger partial charge in [-0.25, -0.2) is 4.79 Å². The number of aliphatic hydroxyl groups is 1. The first-order valence-corrected chi connectivity index (χ1v) is 13.4. The second-order valence-electron chi connectivity index (χ2n) is 11.5. The lowest BCUT2D eigenvalue weighted by Crippen LogP contribution is -2.52. The highest BCUT2D eigenvalue weighted by Gasteiger charge is 2.58. The van der Waals surface area contributed by atoms with Crippen LogP contribution in [0.3, 0.4) is 0 Å². The van der Waals surface area contributed by atoms with E-state index >= 15 is 0 Å². The average molecular weight is 541 g/mol. The molecule has 8 nitrogen and oxygen atoms in total. The molecule has 1 aromatic rings. The summed E-state index contributed by atoms with van der Waals surface area (Å²) in [6.07, 6.45) is 2.70. The number of rotatable bonds is 4. The van der Waals surface area contributed by atoms with Crippen LogP contribution in [0.1, 0.15) is 71.7 Å². The SMILES string of the molecule is CC(=O)O[C@H]1CC(=O)C(C)(C)/C=C\[C@H](C)[C@H](OC(C)=O)[C@@]2(O)C[C@@H](C)[C@@H](OC(=O)c3ccccc3)[C@@H]2C=C1C. The van der Waals surface area contributed by atoms with Gasteiger partial charge in [-0.05, 0) is 50.8 Å². The first-order valence-electron chi connectivity index (χ1n) is 13.4. The van der Waals surface area contributed by atoms with Gasteiger partial charge in [-0.1, -0.05) is 50.3 Å². The molecule has 8 heteroatoms. The summed E-state index contributed by atoms with van der Waals surface area (Å²) in [6.45, 7) is 11.5. The maximum absolute atomic E-state index is 13.3. The number of carbonyl (C=O) groups is 4. The largest absolute Gasteiger partial charge is 0.459 e. The van der Waals surface area contributed by atoms with Crippen molar-refractivity contribution in [2.24, 2.45) is 23.2 Å². The summed E-state index contributed by atoms with van der Waals surface area (Å²) in [7, 11) is 0. The van der Waals surface area contributed by atoms with Crippen molar-refractivity contribution in [3.8, 4) is 0 Å². The molecular formula is C31H40O8. The second kappa shape index (κ2) is 11.9. The molecule has 0 aromatic heterocycles. The van der Waals surface area contributed by atoms with Crippen molar-refractivity contribution in [3.05, 3.63) is 59.7 Å². The van der Waals surface area contributed by atoms with Crippen LogP contribution >= 0.6 is 0 Å². The van der Waals surface area contributed by atoms with Gasteiger partial charge in [-0.2, -0.15) is 0 Å². The van der Waals surface area contributed by atoms with Crippen molar-refractivity contribution in [1.29, 1.82) is 0 Å². The zero-order valence-electron chi connectivity index (χ0n) is 23.8. The Labute approximate surface area is 230 Å². The highest BCUT2D eigenvalue weighted by Crippen LogP contribution is 2.48. The van der Waals surface area contributed by atoms with Gasteiger partial charge in [0, 0.05) is 37.5 Å². The Hall–Kier alpha value is -3.26. The van der Waals surface area contributed by atoms with E-state index in [1.54, 1.807) is 69.3 Å². The van der Waals surface area contributed by atoms with Gasteiger partial charge in [0.1, 0.15) is 29.7 Å². The highest BCUT2D eigenvalue weighted by atomic mass is 16.6. The van der Waals surface area contributed by atoms with Crippen molar-refractivity contribution in [1.82, 2.24) is 0 Å². The molecule has 2 aliphatic carbocycles. The van der Waals surface area contributed by atoms with Gasteiger partial charge in [0.05, 0.1) is 5.56 Å². The number of fused-ring (bicyclic) bond motifs is 1. The monoisotopic (exact) mass is 540 g/mol. The fourth-order valence-electron chi connectivity index (χ4n) is 5.65. The summed E-state index contributed by atoms with van der Waals surface area (Å²) in [4.78, 5) is 50.6. The Bertz CT molecular complexity index is 1150. The summed E-state index contributed by atoms with van der Waals surface area (Å²) in [5, 5.41) is 12.3. The molecule has 0 aliphatic heterocycles. The predicted octanol–water partition coefficient (Wildman–Crippen LogP) is 4.60. The van der Waals surface area contributed by atoms with E-state index in [1.807, 2.05) is 13.8 Å². The average Bonchev–Trinajstić information content (AvgIpc) is 3.09. The van der Waals surface area contributed by atoms with E-state index in [1.165, 1.54) is 13.8 Å². The topological polar surface area (TPSA) is 116 Å². The number of ketones is 1. The molecule has 1 N–H and O–H groups in total. The third-order valence-electron chi connectivity index (χ3n) is 7.82. The van der Waals surface area contributed by atoms with E-state index in [0.29, 0.717) is 11.1 Å². The van der Waals surface area contributed by atoms with Crippen LogP contribution in [-0.4, -0.2) is 52.7 Å². The number of benzene rings is 1. The van der Waals surface area contributed by atoms with Crippen LogP contribution in [0, 0.1) is 23.2 Å². The van der Waals surface area contributed by atoms with E-state index in [0.717, 1.165) is 0 Å². The van der Waals surface area contributed by atoms with Crippen molar-refractivity contribution in [2.45, 2.75) is 85.2 Å². The van der Waals surface area contributed by atoms with Crippen LogP contribution in [-0.2, 0) is 28.6 Å². The third kappa shape index (κ3) is 6.85.